The molecule has 16 heteroatoms. The van der Waals surface area contributed by atoms with Crippen LogP contribution in [0.15, 0.2) is 71.3 Å². The first-order valence-corrected chi connectivity index (χ1v) is 12.4. The number of benzene rings is 2. The lowest BCUT2D eigenvalue weighted by molar-refractivity contribution is -0.282. The van der Waals surface area contributed by atoms with E-state index in [0.717, 1.165) is 18.2 Å². The molecule has 0 saturated carbocycles. The lowest BCUT2D eigenvalue weighted by Crippen LogP contribution is -2.49. The minimum atomic E-state index is -6.26. The topological polar surface area (TPSA) is 67.4 Å². The molecule has 0 saturated heterocycles. The number of carbonyl (C=O) groups is 2. The Kier molecular flexibility index (Phi) is 10.9. The van der Waals surface area contributed by atoms with Gasteiger partial charge in [0, 0.05) is 15.6 Å². The number of rotatable bonds is 10. The Morgan fingerprint density at radius 2 is 1.71 bits per heavy atom. The summed E-state index contributed by atoms with van der Waals surface area (Å²) in [6.07, 6.45) is -0.761. The van der Waals surface area contributed by atoms with Crippen LogP contribution in [0.5, 0.6) is 5.75 Å². The van der Waals surface area contributed by atoms with E-state index in [-0.39, 0.29) is 17.7 Å². The maximum Gasteiger partial charge on any atom is 0.433 e. The van der Waals surface area contributed by atoms with E-state index in [2.05, 4.69) is 32.6 Å². The van der Waals surface area contributed by atoms with E-state index in [4.69, 9.17) is 0 Å². The first kappa shape index (κ1) is 33.9. The number of ether oxygens (including phenoxy) is 1. The molecule has 2 N–H and O–H groups in total. The summed E-state index contributed by atoms with van der Waals surface area (Å²) in [5.41, 5.74) is -9.40. The van der Waals surface area contributed by atoms with Crippen LogP contribution in [0.1, 0.15) is 22.8 Å². The zero-order valence-electron chi connectivity index (χ0n) is 20.4. The van der Waals surface area contributed by atoms with Crippen LogP contribution < -0.4 is 15.4 Å². The SMILES string of the molecule is C=C/C=C(\C=C/C)C(=O)Nc1cccc(C(=O)Nc2c(Br)cc(C(F)(C(F)(F)F)C(F)(F)Br)cc2OC(F)F)c1F. The molecule has 0 spiro atoms. The van der Waals surface area contributed by atoms with Crippen molar-refractivity contribution in [3.8, 4) is 5.75 Å². The van der Waals surface area contributed by atoms with Crippen LogP contribution in [-0.2, 0) is 10.5 Å². The fraction of sp³-hybridized carbons (Fsp3) is 0.200. The van der Waals surface area contributed by atoms with Gasteiger partial charge in [-0.3, -0.25) is 9.59 Å². The Morgan fingerprint density at radius 3 is 2.22 bits per heavy atom. The summed E-state index contributed by atoms with van der Waals surface area (Å²) >= 11 is 3.96. The summed E-state index contributed by atoms with van der Waals surface area (Å²) in [4.78, 5) is 20.0. The molecular formula is C25H17Br2F9N2O3. The van der Waals surface area contributed by atoms with Crippen molar-refractivity contribution < 1.29 is 53.8 Å². The largest absolute Gasteiger partial charge is 0.433 e. The lowest BCUT2D eigenvalue weighted by Gasteiger charge is -2.32. The van der Waals surface area contributed by atoms with E-state index in [0.29, 0.717) is 0 Å². The van der Waals surface area contributed by atoms with E-state index in [9.17, 15) is 44.7 Å². The highest BCUT2D eigenvalue weighted by molar-refractivity contribution is 9.10. The van der Waals surface area contributed by atoms with Crippen LogP contribution in [0.3, 0.4) is 0 Å². The van der Waals surface area contributed by atoms with Gasteiger partial charge in [0.2, 0.25) is 0 Å². The summed E-state index contributed by atoms with van der Waals surface area (Å²) in [5, 5.41) is 4.13. The normalized spacial score (nSPS) is 14.1. The van der Waals surface area contributed by atoms with Crippen molar-refractivity contribution in [3.05, 3.63) is 88.2 Å². The molecule has 0 aliphatic rings. The van der Waals surface area contributed by atoms with E-state index in [1.165, 1.54) is 40.2 Å². The molecule has 41 heavy (non-hydrogen) atoms. The molecule has 2 aromatic carbocycles. The summed E-state index contributed by atoms with van der Waals surface area (Å²) in [7, 11) is 0. The number of anilines is 2. The standard InChI is InChI=1S/C25H17Br2F9N2O3/c1-3-6-12(7-4-2)20(39)37-16-9-5-8-14(18(16)28)21(40)38-19-15(26)10-13(11-17(19)41-22(29)30)23(31,24(27,32)33)25(34,35)36/h3-11,22H,1H2,2H3,(H,37,39)(H,38,40)/b7-4-,12-6+. The molecule has 0 aliphatic carbocycles. The average molecular weight is 724 g/mol. The number of carbonyl (C=O) groups excluding carboxylic acids is 2. The number of allylic oxidation sites excluding steroid dienone is 3. The van der Waals surface area contributed by atoms with Gasteiger partial charge in [-0.2, -0.15) is 30.7 Å². The molecule has 0 bridgehead atoms. The number of hydrogen-bond donors (Lipinski definition) is 2. The molecule has 2 rings (SSSR count). The molecule has 1 atom stereocenters. The third-order valence-electron chi connectivity index (χ3n) is 5.09. The van der Waals surface area contributed by atoms with Gasteiger partial charge in [-0.25, -0.2) is 8.78 Å². The van der Waals surface area contributed by atoms with E-state index in [1.807, 2.05) is 5.32 Å². The van der Waals surface area contributed by atoms with E-state index >= 15 is 4.39 Å². The molecule has 5 nitrogen and oxygen atoms in total. The monoisotopic (exact) mass is 722 g/mol. The van der Waals surface area contributed by atoms with Crippen LogP contribution >= 0.6 is 31.9 Å². The Hall–Kier alpha value is -3.27. The van der Waals surface area contributed by atoms with Gasteiger partial charge >= 0.3 is 23.3 Å². The van der Waals surface area contributed by atoms with Gasteiger partial charge in [0.15, 0.2) is 11.6 Å². The number of halogens is 11. The molecule has 0 aliphatic heterocycles. The molecular weight excluding hydrogens is 707 g/mol. The predicted octanol–water partition coefficient (Wildman–Crippen LogP) is 8.78. The maximum atomic E-state index is 15.2. The number of alkyl halides is 9. The second-order valence-corrected chi connectivity index (χ2v) is 9.65. The van der Waals surface area contributed by atoms with E-state index in [1.54, 1.807) is 6.92 Å². The highest BCUT2D eigenvalue weighted by atomic mass is 79.9. The highest BCUT2D eigenvalue weighted by Crippen LogP contribution is 2.56. The quantitative estimate of drug-likeness (QED) is 0.112. The summed E-state index contributed by atoms with van der Waals surface area (Å²) in [5.74, 6) is -4.86. The van der Waals surface area contributed by atoms with Crippen LogP contribution in [0.2, 0.25) is 0 Å². The van der Waals surface area contributed by atoms with Crippen LogP contribution in [0, 0.1) is 5.82 Å². The predicted molar refractivity (Wildman–Crippen MR) is 140 cm³/mol. The smallest absolute Gasteiger partial charge is 0.433 e. The third-order valence-corrected chi connectivity index (χ3v) is 6.26. The first-order chi connectivity index (χ1) is 18.9. The molecule has 2 amide bonds. The highest BCUT2D eigenvalue weighted by Gasteiger charge is 2.71. The Bertz CT molecular complexity index is 1370. The molecule has 222 valence electrons. The van der Waals surface area contributed by atoms with Crippen LogP contribution in [-0.4, -0.2) is 29.4 Å². The van der Waals surface area contributed by atoms with Gasteiger partial charge in [-0.15, -0.1) is 0 Å². The van der Waals surface area contributed by atoms with Gasteiger partial charge in [0.05, 0.1) is 16.9 Å². The molecule has 0 aromatic heterocycles. The second-order valence-electron chi connectivity index (χ2n) is 7.80. The van der Waals surface area contributed by atoms with Gasteiger partial charge < -0.3 is 15.4 Å². The van der Waals surface area contributed by atoms with Gasteiger partial charge in [0.1, 0.15) is 0 Å². The second kappa shape index (κ2) is 13.1. The minimum Gasteiger partial charge on any atom is -0.433 e. The fourth-order valence-electron chi connectivity index (χ4n) is 3.27. The van der Waals surface area contributed by atoms with Gasteiger partial charge in [-0.05, 0) is 63.0 Å². The minimum absolute atomic E-state index is 0.0615. The number of nitrogens with one attached hydrogen (secondary N) is 2. The van der Waals surface area contributed by atoms with Gasteiger partial charge in [0.25, 0.3) is 11.8 Å². The number of amides is 2. The lowest BCUT2D eigenvalue weighted by atomic mass is 9.94. The summed E-state index contributed by atoms with van der Waals surface area (Å²) in [6.45, 7) is 1.28. The molecule has 0 heterocycles. The molecule has 0 fully saturated rings. The average Bonchev–Trinajstić information content (AvgIpc) is 2.84. The first-order valence-electron chi connectivity index (χ1n) is 10.9. The fourth-order valence-corrected chi connectivity index (χ4v) is 4.27. The van der Waals surface area contributed by atoms with Crippen molar-refractivity contribution in [1.82, 2.24) is 0 Å². The Labute approximate surface area is 243 Å². The maximum absolute atomic E-state index is 15.2. The zero-order chi connectivity index (χ0) is 31.3. The van der Waals surface area contributed by atoms with Crippen molar-refractivity contribution in [2.75, 3.05) is 10.6 Å². The Morgan fingerprint density at radius 1 is 1.07 bits per heavy atom. The van der Waals surface area contributed by atoms with Gasteiger partial charge in [-0.1, -0.05) is 36.9 Å². The molecule has 2 aromatic rings. The van der Waals surface area contributed by atoms with E-state index < -0.39 is 73.6 Å². The summed E-state index contributed by atoms with van der Waals surface area (Å²) < 4.78 is 127. The third kappa shape index (κ3) is 7.52. The van der Waals surface area contributed by atoms with Crippen molar-refractivity contribution in [3.63, 3.8) is 0 Å². The summed E-state index contributed by atoms with van der Waals surface area (Å²) in [6, 6.07) is 3.16. The van der Waals surface area contributed by atoms with Crippen LogP contribution in [0.25, 0.3) is 0 Å². The number of hydrogen-bond acceptors (Lipinski definition) is 3. The van der Waals surface area contributed by atoms with Crippen molar-refractivity contribution >= 4 is 55.0 Å². The molecule has 1 unspecified atom stereocenters. The van der Waals surface area contributed by atoms with Crippen molar-refractivity contribution in [2.45, 2.75) is 30.2 Å². The molecule has 0 radical (unpaired) electrons. The zero-order valence-corrected chi connectivity index (χ0v) is 23.5. The van der Waals surface area contributed by atoms with Crippen LogP contribution in [0.4, 0.5) is 50.9 Å². The Balaban J connectivity index is 2.57. The van der Waals surface area contributed by atoms with Crippen molar-refractivity contribution in [1.29, 1.82) is 0 Å². The van der Waals surface area contributed by atoms with Crippen molar-refractivity contribution in [2.24, 2.45) is 0 Å².